The standard InChI is InChI=1S/C17H11F3O3/c1-10-8-11(3-7-14(10)16(22)23)2-4-12-5-6-13(21)9-15(12)17(18,19)20/h3,5-9,21H,1H3,(H,22,23). The molecule has 2 rings (SSSR count). The smallest absolute Gasteiger partial charge is 0.417 e. The first-order valence-electron chi connectivity index (χ1n) is 6.44. The Balaban J connectivity index is 2.44. The maximum absolute atomic E-state index is 12.9. The van der Waals surface area contributed by atoms with Crippen molar-refractivity contribution in [3.05, 3.63) is 64.2 Å². The van der Waals surface area contributed by atoms with E-state index in [1.54, 1.807) is 6.92 Å². The summed E-state index contributed by atoms with van der Waals surface area (Å²) in [5.41, 5.74) is -0.324. The number of aromatic hydroxyl groups is 1. The van der Waals surface area contributed by atoms with Crippen LogP contribution in [0.3, 0.4) is 0 Å². The van der Waals surface area contributed by atoms with Gasteiger partial charge in [0.1, 0.15) is 5.75 Å². The van der Waals surface area contributed by atoms with Crippen molar-refractivity contribution in [2.45, 2.75) is 13.1 Å². The number of carbonyl (C=O) groups is 1. The average Bonchev–Trinajstić information content (AvgIpc) is 2.44. The summed E-state index contributed by atoms with van der Waals surface area (Å²) >= 11 is 0. The SMILES string of the molecule is Cc1cc(C#Cc2ccc(O)cc2C(F)(F)F)ccc1C(=O)O. The summed E-state index contributed by atoms with van der Waals surface area (Å²) < 4.78 is 38.7. The zero-order valence-electron chi connectivity index (χ0n) is 11.9. The molecule has 23 heavy (non-hydrogen) atoms. The third-order valence-electron chi connectivity index (χ3n) is 3.11. The predicted molar refractivity (Wildman–Crippen MR) is 77.2 cm³/mol. The first-order valence-corrected chi connectivity index (χ1v) is 6.44. The molecule has 0 saturated heterocycles. The molecule has 0 aromatic heterocycles. The van der Waals surface area contributed by atoms with E-state index < -0.39 is 23.5 Å². The quantitative estimate of drug-likeness (QED) is 0.786. The minimum absolute atomic E-state index is 0.108. The van der Waals surface area contributed by atoms with Gasteiger partial charge >= 0.3 is 12.1 Å². The van der Waals surface area contributed by atoms with Crippen LogP contribution >= 0.6 is 0 Å². The molecule has 0 aliphatic carbocycles. The third kappa shape index (κ3) is 3.83. The van der Waals surface area contributed by atoms with Gasteiger partial charge in [0.2, 0.25) is 0 Å². The lowest BCUT2D eigenvalue weighted by atomic mass is 10.0. The molecule has 0 unspecified atom stereocenters. The van der Waals surface area contributed by atoms with E-state index in [4.69, 9.17) is 5.11 Å². The lowest BCUT2D eigenvalue weighted by Gasteiger charge is -2.09. The minimum atomic E-state index is -4.63. The van der Waals surface area contributed by atoms with Gasteiger partial charge in [-0.05, 0) is 48.9 Å². The van der Waals surface area contributed by atoms with Crippen LogP contribution in [0.4, 0.5) is 13.2 Å². The molecule has 118 valence electrons. The largest absolute Gasteiger partial charge is 0.508 e. The Bertz CT molecular complexity index is 827. The summed E-state index contributed by atoms with van der Waals surface area (Å²) in [5, 5.41) is 18.1. The van der Waals surface area contributed by atoms with Crippen molar-refractivity contribution >= 4 is 5.97 Å². The number of benzene rings is 2. The van der Waals surface area contributed by atoms with Crippen molar-refractivity contribution in [2.24, 2.45) is 0 Å². The first kappa shape index (κ1) is 16.4. The molecule has 0 aliphatic rings. The molecule has 0 heterocycles. The Morgan fingerprint density at radius 1 is 1.09 bits per heavy atom. The van der Waals surface area contributed by atoms with Crippen molar-refractivity contribution < 1.29 is 28.2 Å². The van der Waals surface area contributed by atoms with Gasteiger partial charge in [0.15, 0.2) is 0 Å². The van der Waals surface area contributed by atoms with Gasteiger partial charge in [-0.2, -0.15) is 13.2 Å². The molecule has 6 heteroatoms. The maximum atomic E-state index is 12.9. The van der Waals surface area contributed by atoms with Gasteiger partial charge in [0.25, 0.3) is 0 Å². The van der Waals surface area contributed by atoms with E-state index >= 15 is 0 Å². The monoisotopic (exact) mass is 320 g/mol. The van der Waals surface area contributed by atoms with Crippen LogP contribution in [0.25, 0.3) is 0 Å². The molecule has 2 aromatic rings. The topological polar surface area (TPSA) is 57.5 Å². The summed E-state index contributed by atoms with van der Waals surface area (Å²) in [6.45, 7) is 1.58. The highest BCUT2D eigenvalue weighted by Crippen LogP contribution is 2.33. The van der Waals surface area contributed by atoms with Crippen LogP contribution < -0.4 is 0 Å². The maximum Gasteiger partial charge on any atom is 0.417 e. The Hall–Kier alpha value is -2.94. The van der Waals surface area contributed by atoms with Crippen LogP contribution in [0, 0.1) is 18.8 Å². The molecule has 2 aromatic carbocycles. The van der Waals surface area contributed by atoms with Gasteiger partial charge in [-0.25, -0.2) is 4.79 Å². The highest BCUT2D eigenvalue weighted by Gasteiger charge is 2.33. The fourth-order valence-electron chi connectivity index (χ4n) is 2.00. The van der Waals surface area contributed by atoms with Crippen molar-refractivity contribution in [2.75, 3.05) is 0 Å². The Morgan fingerprint density at radius 2 is 1.78 bits per heavy atom. The molecular formula is C17H11F3O3. The van der Waals surface area contributed by atoms with Gasteiger partial charge in [-0.1, -0.05) is 11.8 Å². The van der Waals surface area contributed by atoms with Crippen molar-refractivity contribution in [1.82, 2.24) is 0 Å². The number of phenolic OH excluding ortho intramolecular Hbond substituents is 1. The van der Waals surface area contributed by atoms with Crippen LogP contribution in [0.2, 0.25) is 0 Å². The molecule has 0 amide bonds. The van der Waals surface area contributed by atoms with Gasteiger partial charge in [0.05, 0.1) is 11.1 Å². The van der Waals surface area contributed by atoms with Crippen molar-refractivity contribution in [1.29, 1.82) is 0 Å². The number of aryl methyl sites for hydroxylation is 1. The molecule has 0 saturated carbocycles. The fourth-order valence-corrected chi connectivity index (χ4v) is 2.00. The van der Waals surface area contributed by atoms with E-state index in [1.807, 2.05) is 0 Å². The van der Waals surface area contributed by atoms with E-state index in [-0.39, 0.29) is 11.1 Å². The summed E-state index contributed by atoms with van der Waals surface area (Å²) in [4.78, 5) is 10.9. The number of rotatable bonds is 1. The van der Waals surface area contributed by atoms with E-state index in [0.717, 1.165) is 12.1 Å². The minimum Gasteiger partial charge on any atom is -0.508 e. The predicted octanol–water partition coefficient (Wildman–Crippen LogP) is 3.82. The third-order valence-corrected chi connectivity index (χ3v) is 3.11. The second-order valence-electron chi connectivity index (χ2n) is 4.81. The summed E-state index contributed by atoms with van der Waals surface area (Å²) in [6, 6.07) is 7.09. The van der Waals surface area contributed by atoms with Crippen LogP contribution in [0.1, 0.15) is 32.6 Å². The highest BCUT2D eigenvalue weighted by atomic mass is 19.4. The molecule has 0 radical (unpaired) electrons. The Labute approximate surface area is 130 Å². The van der Waals surface area contributed by atoms with Crippen molar-refractivity contribution in [3.63, 3.8) is 0 Å². The summed E-state index contributed by atoms with van der Waals surface area (Å²) in [5.74, 6) is 3.41. The molecule has 3 nitrogen and oxygen atoms in total. The Morgan fingerprint density at radius 3 is 2.35 bits per heavy atom. The van der Waals surface area contributed by atoms with E-state index in [9.17, 15) is 23.1 Å². The lowest BCUT2D eigenvalue weighted by Crippen LogP contribution is -2.07. The van der Waals surface area contributed by atoms with Crippen LogP contribution in [-0.2, 0) is 6.18 Å². The average molecular weight is 320 g/mol. The van der Waals surface area contributed by atoms with Crippen LogP contribution in [0.15, 0.2) is 36.4 Å². The number of carboxylic acid groups (broad SMARTS) is 1. The molecule has 2 N–H and O–H groups in total. The lowest BCUT2D eigenvalue weighted by molar-refractivity contribution is -0.137. The molecule has 0 fully saturated rings. The van der Waals surface area contributed by atoms with Crippen LogP contribution in [-0.4, -0.2) is 16.2 Å². The number of hydrogen-bond acceptors (Lipinski definition) is 2. The Kier molecular flexibility index (Phi) is 4.32. The second kappa shape index (κ2) is 6.05. The summed E-state index contributed by atoms with van der Waals surface area (Å²) in [6.07, 6.45) is -4.63. The van der Waals surface area contributed by atoms with Crippen molar-refractivity contribution in [3.8, 4) is 17.6 Å². The molecule has 0 aliphatic heterocycles. The molecule has 0 spiro atoms. The molecule has 0 atom stereocenters. The first-order chi connectivity index (χ1) is 10.7. The van der Waals surface area contributed by atoms with Gasteiger partial charge < -0.3 is 10.2 Å². The fraction of sp³-hybridized carbons (Fsp3) is 0.118. The second-order valence-corrected chi connectivity index (χ2v) is 4.81. The van der Waals surface area contributed by atoms with Gasteiger partial charge in [-0.3, -0.25) is 0 Å². The van der Waals surface area contributed by atoms with Gasteiger partial charge in [-0.15, -0.1) is 0 Å². The van der Waals surface area contributed by atoms with E-state index in [0.29, 0.717) is 17.2 Å². The summed E-state index contributed by atoms with van der Waals surface area (Å²) in [7, 11) is 0. The number of halogens is 3. The number of alkyl halides is 3. The number of phenols is 1. The normalized spacial score (nSPS) is 10.8. The zero-order valence-corrected chi connectivity index (χ0v) is 11.9. The van der Waals surface area contributed by atoms with Gasteiger partial charge in [0, 0.05) is 11.1 Å². The number of hydrogen-bond donors (Lipinski definition) is 2. The number of aromatic carboxylic acids is 1. The number of carboxylic acids is 1. The van der Waals surface area contributed by atoms with Crippen LogP contribution in [0.5, 0.6) is 5.75 Å². The van der Waals surface area contributed by atoms with E-state index in [1.165, 1.54) is 18.2 Å². The van der Waals surface area contributed by atoms with E-state index in [2.05, 4.69) is 11.8 Å². The highest BCUT2D eigenvalue weighted by molar-refractivity contribution is 5.89. The zero-order chi connectivity index (χ0) is 17.2. The molecule has 0 bridgehead atoms. The molecular weight excluding hydrogens is 309 g/mol.